The Morgan fingerprint density at radius 2 is 2.09 bits per heavy atom. The highest BCUT2D eigenvalue weighted by molar-refractivity contribution is 6.04. The molecule has 1 unspecified atom stereocenters. The zero-order chi connectivity index (χ0) is 15.8. The summed E-state index contributed by atoms with van der Waals surface area (Å²) in [4.78, 5) is 24.1. The van der Waals surface area contributed by atoms with E-state index in [0.29, 0.717) is 25.1 Å². The topological polar surface area (TPSA) is 108 Å². The molecule has 3 N–H and O–H groups in total. The minimum absolute atomic E-state index is 0.000868. The highest BCUT2D eigenvalue weighted by Crippen LogP contribution is 2.16. The van der Waals surface area contributed by atoms with Gasteiger partial charge in [0.25, 0.3) is 5.91 Å². The Morgan fingerprint density at radius 1 is 1.22 bits per heavy atom. The van der Waals surface area contributed by atoms with Gasteiger partial charge in [0.05, 0.1) is 5.52 Å². The van der Waals surface area contributed by atoms with E-state index in [1.807, 2.05) is 24.3 Å². The van der Waals surface area contributed by atoms with Crippen molar-refractivity contribution in [3.05, 3.63) is 46.3 Å². The highest BCUT2D eigenvalue weighted by atomic mass is 16.2. The van der Waals surface area contributed by atoms with Crippen LogP contribution in [0, 0.1) is 0 Å². The lowest BCUT2D eigenvalue weighted by molar-refractivity contribution is 0.0929. The molecule has 118 valence electrons. The van der Waals surface area contributed by atoms with Crippen molar-refractivity contribution in [3.63, 3.8) is 0 Å². The Hall–Kier alpha value is -2.90. The number of fused-ring (bicyclic) bond motifs is 2. The molecule has 0 spiro atoms. The Kier molecular flexibility index (Phi) is 3.22. The summed E-state index contributed by atoms with van der Waals surface area (Å²) >= 11 is 0. The van der Waals surface area contributed by atoms with Crippen molar-refractivity contribution in [2.24, 2.45) is 0 Å². The summed E-state index contributed by atoms with van der Waals surface area (Å²) in [5.74, 6) is 0.554. The van der Waals surface area contributed by atoms with Crippen molar-refractivity contribution >= 4 is 16.8 Å². The van der Waals surface area contributed by atoms with E-state index in [-0.39, 0.29) is 17.6 Å². The molecule has 8 heteroatoms. The number of hydrogen-bond donors (Lipinski definition) is 3. The first-order valence-electron chi connectivity index (χ1n) is 7.60. The summed E-state index contributed by atoms with van der Waals surface area (Å²) in [5, 5.41) is 17.3. The Morgan fingerprint density at radius 3 is 3.00 bits per heavy atom. The number of H-pyrrole nitrogens is 2. The van der Waals surface area contributed by atoms with Crippen molar-refractivity contribution in [3.8, 4) is 0 Å². The molecule has 2 aromatic heterocycles. The number of aryl methyl sites for hydroxylation is 1. The minimum atomic E-state index is -0.194. The van der Waals surface area contributed by atoms with E-state index in [1.165, 1.54) is 0 Å². The van der Waals surface area contributed by atoms with Crippen molar-refractivity contribution in [2.45, 2.75) is 31.8 Å². The molecule has 4 rings (SSSR count). The van der Waals surface area contributed by atoms with Gasteiger partial charge in [-0.2, -0.15) is 10.2 Å². The first-order valence-corrected chi connectivity index (χ1v) is 7.60. The molecule has 0 fully saturated rings. The zero-order valence-electron chi connectivity index (χ0n) is 12.4. The van der Waals surface area contributed by atoms with Crippen LogP contribution in [0.1, 0.15) is 29.2 Å². The van der Waals surface area contributed by atoms with Gasteiger partial charge < -0.3 is 5.32 Å². The van der Waals surface area contributed by atoms with Gasteiger partial charge in [-0.25, -0.2) is 9.89 Å². The van der Waals surface area contributed by atoms with Gasteiger partial charge in [0, 0.05) is 24.4 Å². The number of nitrogens with zero attached hydrogens (tertiary/aromatic N) is 3. The molecule has 1 aliphatic heterocycles. The summed E-state index contributed by atoms with van der Waals surface area (Å²) in [6, 6.07) is 7.53. The largest absolute Gasteiger partial charge is 0.348 e. The normalized spacial score (nSPS) is 17.7. The lowest BCUT2D eigenvalue weighted by Gasteiger charge is -2.15. The van der Waals surface area contributed by atoms with Gasteiger partial charge in [0.1, 0.15) is 5.82 Å². The third kappa shape index (κ3) is 2.41. The number of aromatic nitrogens is 5. The summed E-state index contributed by atoms with van der Waals surface area (Å²) in [5.41, 5.74) is 1.05. The second-order valence-electron chi connectivity index (χ2n) is 5.71. The first kappa shape index (κ1) is 13.7. The van der Waals surface area contributed by atoms with Crippen LogP contribution in [0.5, 0.6) is 0 Å². The Balaban J connectivity index is 1.50. The fourth-order valence-electron chi connectivity index (χ4n) is 3.04. The summed E-state index contributed by atoms with van der Waals surface area (Å²) in [6.07, 6.45) is 2.10. The van der Waals surface area contributed by atoms with Crippen LogP contribution >= 0.6 is 0 Å². The lowest BCUT2D eigenvalue weighted by atomic mass is 10.1. The second-order valence-corrected chi connectivity index (χ2v) is 5.71. The SMILES string of the molecule is O=C(NC1CCc2n[nH]c(=O)n2CC1)c1n[nH]c2ccccc12. The first-order chi connectivity index (χ1) is 11.2. The van der Waals surface area contributed by atoms with Crippen molar-refractivity contribution < 1.29 is 4.79 Å². The smallest absolute Gasteiger partial charge is 0.343 e. The van der Waals surface area contributed by atoms with E-state index >= 15 is 0 Å². The maximum atomic E-state index is 12.5. The number of amides is 1. The van der Waals surface area contributed by atoms with E-state index in [9.17, 15) is 9.59 Å². The van der Waals surface area contributed by atoms with Gasteiger partial charge in [-0.05, 0) is 18.9 Å². The molecule has 3 aromatic rings. The third-order valence-corrected chi connectivity index (χ3v) is 4.28. The highest BCUT2D eigenvalue weighted by Gasteiger charge is 2.22. The monoisotopic (exact) mass is 312 g/mol. The van der Waals surface area contributed by atoms with E-state index in [0.717, 1.165) is 23.1 Å². The van der Waals surface area contributed by atoms with Gasteiger partial charge >= 0.3 is 5.69 Å². The van der Waals surface area contributed by atoms with Crippen LogP contribution in [0.3, 0.4) is 0 Å². The molecule has 23 heavy (non-hydrogen) atoms. The molecular formula is C15H16N6O2. The molecule has 0 saturated carbocycles. The molecule has 0 aliphatic carbocycles. The molecule has 3 heterocycles. The maximum absolute atomic E-state index is 12.5. The van der Waals surface area contributed by atoms with E-state index in [1.54, 1.807) is 4.57 Å². The van der Waals surface area contributed by atoms with Crippen molar-refractivity contribution in [1.29, 1.82) is 0 Å². The van der Waals surface area contributed by atoms with Crippen molar-refractivity contribution in [2.75, 3.05) is 0 Å². The van der Waals surface area contributed by atoms with Crippen LogP contribution < -0.4 is 11.0 Å². The van der Waals surface area contributed by atoms with Crippen LogP contribution in [0.25, 0.3) is 10.9 Å². The number of carbonyl (C=O) groups is 1. The predicted molar refractivity (Wildman–Crippen MR) is 83.1 cm³/mol. The summed E-state index contributed by atoms with van der Waals surface area (Å²) in [6.45, 7) is 0.553. The summed E-state index contributed by atoms with van der Waals surface area (Å²) in [7, 11) is 0. The maximum Gasteiger partial charge on any atom is 0.343 e. The fraction of sp³-hybridized carbons (Fsp3) is 0.333. The van der Waals surface area contributed by atoms with Gasteiger partial charge in [-0.3, -0.25) is 14.5 Å². The van der Waals surface area contributed by atoms with Crippen molar-refractivity contribution in [1.82, 2.24) is 30.3 Å². The number of hydrogen-bond acceptors (Lipinski definition) is 4. The quantitative estimate of drug-likeness (QED) is 0.643. The van der Waals surface area contributed by atoms with Crippen LogP contribution in [-0.4, -0.2) is 36.9 Å². The molecule has 1 amide bonds. The van der Waals surface area contributed by atoms with Crippen LogP contribution in [-0.2, 0) is 13.0 Å². The standard InChI is InChI=1S/C15H16N6O2/c22-14(13-10-3-1-2-4-11(10)17-19-13)16-9-5-6-12-18-20-15(23)21(12)8-7-9/h1-4,9H,5-8H2,(H,16,22)(H,17,19)(H,20,23). The van der Waals surface area contributed by atoms with Crippen LogP contribution in [0.4, 0.5) is 0 Å². The predicted octanol–water partition coefficient (Wildman–Crippen LogP) is 0.583. The average Bonchev–Trinajstić information content (AvgIpc) is 3.08. The molecule has 0 bridgehead atoms. The number of rotatable bonds is 2. The molecule has 1 aromatic carbocycles. The van der Waals surface area contributed by atoms with E-state index in [4.69, 9.17) is 0 Å². The third-order valence-electron chi connectivity index (χ3n) is 4.28. The fourth-order valence-corrected chi connectivity index (χ4v) is 3.04. The van der Waals surface area contributed by atoms with Gasteiger partial charge in [-0.15, -0.1) is 0 Å². The summed E-state index contributed by atoms with van der Waals surface area (Å²) < 4.78 is 1.64. The van der Waals surface area contributed by atoms with Gasteiger partial charge in [0.15, 0.2) is 5.69 Å². The van der Waals surface area contributed by atoms with Gasteiger partial charge in [0.2, 0.25) is 0 Å². The molecule has 0 saturated heterocycles. The van der Waals surface area contributed by atoms with E-state index < -0.39 is 0 Å². The number of aromatic amines is 2. The molecule has 8 nitrogen and oxygen atoms in total. The number of nitrogens with one attached hydrogen (secondary N) is 3. The number of carbonyl (C=O) groups excluding carboxylic acids is 1. The Bertz CT molecular complexity index is 921. The molecule has 1 aliphatic rings. The zero-order valence-corrected chi connectivity index (χ0v) is 12.4. The number of benzene rings is 1. The number of para-hydroxylation sites is 1. The molecule has 1 atom stereocenters. The molecule has 0 radical (unpaired) electrons. The molecular weight excluding hydrogens is 296 g/mol. The average molecular weight is 312 g/mol. The Labute approximate surface area is 130 Å². The minimum Gasteiger partial charge on any atom is -0.348 e. The van der Waals surface area contributed by atoms with Crippen LogP contribution in [0.2, 0.25) is 0 Å². The van der Waals surface area contributed by atoms with Crippen LogP contribution in [0.15, 0.2) is 29.1 Å². The lowest BCUT2D eigenvalue weighted by Crippen LogP contribution is -2.35. The van der Waals surface area contributed by atoms with E-state index in [2.05, 4.69) is 25.7 Å². The second kappa shape index (κ2) is 5.38. The van der Waals surface area contributed by atoms with Gasteiger partial charge in [-0.1, -0.05) is 18.2 Å².